The molecule has 1 aromatic heterocycles. The number of benzene rings is 1. The zero-order valence-corrected chi connectivity index (χ0v) is 22.2. The molecule has 1 aliphatic heterocycles. The van der Waals surface area contributed by atoms with E-state index in [0.29, 0.717) is 30.6 Å². The second-order valence-electron chi connectivity index (χ2n) is 9.63. The van der Waals surface area contributed by atoms with Crippen molar-refractivity contribution in [1.82, 2.24) is 14.8 Å². The molecule has 1 aliphatic rings. The fourth-order valence-corrected chi connectivity index (χ4v) is 4.68. The molecule has 1 fully saturated rings. The number of primary amides is 1. The van der Waals surface area contributed by atoms with Gasteiger partial charge in [-0.2, -0.15) is 8.78 Å². The Bertz CT molecular complexity index is 1190. The highest BCUT2D eigenvalue weighted by Gasteiger charge is 2.36. The van der Waals surface area contributed by atoms with Crippen molar-refractivity contribution >= 4 is 17.7 Å². The van der Waals surface area contributed by atoms with Crippen LogP contribution in [0.4, 0.5) is 8.78 Å². The molecular formula is C27H34F2N4O5. The lowest BCUT2D eigenvalue weighted by Crippen LogP contribution is -2.36. The smallest absolute Gasteiger partial charge is 0.387 e. The van der Waals surface area contributed by atoms with E-state index in [1.54, 1.807) is 44.0 Å². The van der Waals surface area contributed by atoms with Crippen LogP contribution < -0.4 is 15.2 Å². The number of carbonyl (C=O) groups excluding carboxylic acids is 3. The molecule has 3 rings (SSSR count). The molecule has 0 unspecified atom stereocenters. The molecule has 2 atom stereocenters. The standard InChI is InChI=1S/C27H34F2N4O5/c1-6-32(5)26(36)19-9-18(24(25(30)35)31-13-19)10-21-11-20(14-33(21)16(4)34)17-7-8-22(38-27(28)29)23(12-17)37-15(2)3/h7-9,12-13,15,20-21,27H,6,10-11,14H2,1-5H3,(H2,30,35)/t20-,21+/m1/s1. The van der Waals surface area contributed by atoms with Gasteiger partial charge in [0.2, 0.25) is 5.91 Å². The van der Waals surface area contributed by atoms with Crippen molar-refractivity contribution in [1.29, 1.82) is 0 Å². The number of rotatable bonds is 10. The number of hydrogen-bond donors (Lipinski definition) is 1. The van der Waals surface area contributed by atoms with E-state index in [4.69, 9.17) is 10.5 Å². The highest BCUT2D eigenvalue weighted by molar-refractivity contribution is 5.96. The summed E-state index contributed by atoms with van der Waals surface area (Å²) in [6, 6.07) is 6.10. The molecule has 0 saturated carbocycles. The number of halogens is 2. The zero-order valence-electron chi connectivity index (χ0n) is 22.2. The first-order chi connectivity index (χ1) is 17.9. The number of hydrogen-bond acceptors (Lipinski definition) is 6. The molecule has 38 heavy (non-hydrogen) atoms. The summed E-state index contributed by atoms with van der Waals surface area (Å²) in [5, 5.41) is 0. The Labute approximate surface area is 220 Å². The van der Waals surface area contributed by atoms with Crippen LogP contribution in [0.5, 0.6) is 11.5 Å². The summed E-state index contributed by atoms with van der Waals surface area (Å²) in [5.74, 6) is -1.11. The maximum absolute atomic E-state index is 12.9. The molecule has 2 aromatic rings. The van der Waals surface area contributed by atoms with E-state index < -0.39 is 12.5 Å². The van der Waals surface area contributed by atoms with Crippen molar-refractivity contribution in [3.8, 4) is 11.5 Å². The second kappa shape index (κ2) is 12.2. The first-order valence-corrected chi connectivity index (χ1v) is 12.5. The Balaban J connectivity index is 1.93. The van der Waals surface area contributed by atoms with Crippen LogP contribution in [0.2, 0.25) is 0 Å². The van der Waals surface area contributed by atoms with Gasteiger partial charge in [0.05, 0.1) is 11.7 Å². The number of pyridine rings is 1. The number of ether oxygens (including phenoxy) is 2. The van der Waals surface area contributed by atoms with Gasteiger partial charge in [0.1, 0.15) is 5.69 Å². The molecule has 2 heterocycles. The number of nitrogens with two attached hydrogens (primary N) is 1. The van der Waals surface area contributed by atoms with E-state index >= 15 is 0 Å². The van der Waals surface area contributed by atoms with Crippen molar-refractivity contribution in [3.63, 3.8) is 0 Å². The van der Waals surface area contributed by atoms with Gasteiger partial charge in [0.25, 0.3) is 11.8 Å². The molecule has 11 heteroatoms. The van der Waals surface area contributed by atoms with Gasteiger partial charge < -0.3 is 25.0 Å². The van der Waals surface area contributed by atoms with Crippen LogP contribution in [0, 0.1) is 0 Å². The molecule has 2 N–H and O–H groups in total. The highest BCUT2D eigenvalue weighted by atomic mass is 19.3. The molecule has 3 amide bonds. The van der Waals surface area contributed by atoms with Gasteiger partial charge in [-0.1, -0.05) is 6.07 Å². The first kappa shape index (κ1) is 28.8. The minimum absolute atomic E-state index is 0.0498. The molecule has 0 bridgehead atoms. The van der Waals surface area contributed by atoms with E-state index in [9.17, 15) is 23.2 Å². The maximum atomic E-state index is 12.9. The normalized spacial score (nSPS) is 17.1. The summed E-state index contributed by atoms with van der Waals surface area (Å²) >= 11 is 0. The Hall–Kier alpha value is -3.76. The van der Waals surface area contributed by atoms with E-state index in [1.165, 1.54) is 24.1 Å². The van der Waals surface area contributed by atoms with Gasteiger partial charge in [-0.3, -0.25) is 14.4 Å². The third kappa shape index (κ3) is 6.76. The molecule has 9 nitrogen and oxygen atoms in total. The molecule has 1 saturated heterocycles. The van der Waals surface area contributed by atoms with E-state index in [0.717, 1.165) is 5.56 Å². The number of nitrogens with zero attached hydrogens (tertiary/aromatic N) is 3. The predicted molar refractivity (Wildman–Crippen MR) is 136 cm³/mol. The van der Waals surface area contributed by atoms with Crippen LogP contribution in [0.25, 0.3) is 0 Å². The van der Waals surface area contributed by atoms with Gasteiger partial charge in [0.15, 0.2) is 11.5 Å². The van der Waals surface area contributed by atoms with E-state index in [1.807, 2.05) is 6.92 Å². The van der Waals surface area contributed by atoms with Gasteiger partial charge in [0, 0.05) is 45.2 Å². The Morgan fingerprint density at radius 1 is 1.18 bits per heavy atom. The molecule has 1 aromatic carbocycles. The number of amides is 3. The third-order valence-electron chi connectivity index (χ3n) is 6.56. The predicted octanol–water partition coefficient (Wildman–Crippen LogP) is 3.61. The maximum Gasteiger partial charge on any atom is 0.387 e. The Morgan fingerprint density at radius 3 is 2.47 bits per heavy atom. The lowest BCUT2D eigenvalue weighted by Gasteiger charge is -2.24. The van der Waals surface area contributed by atoms with Gasteiger partial charge >= 0.3 is 6.61 Å². The van der Waals surface area contributed by atoms with E-state index in [2.05, 4.69) is 9.72 Å². The zero-order chi connectivity index (χ0) is 28.1. The average molecular weight is 533 g/mol. The van der Waals surface area contributed by atoms with Gasteiger partial charge in [-0.05, 0) is 62.9 Å². The monoisotopic (exact) mass is 532 g/mol. The fourth-order valence-electron chi connectivity index (χ4n) is 4.68. The minimum Gasteiger partial charge on any atom is -0.487 e. The first-order valence-electron chi connectivity index (χ1n) is 12.5. The third-order valence-corrected chi connectivity index (χ3v) is 6.56. The molecule has 206 valence electrons. The summed E-state index contributed by atoms with van der Waals surface area (Å²) < 4.78 is 36.1. The molecule has 0 spiro atoms. The van der Waals surface area contributed by atoms with Crippen LogP contribution in [0.15, 0.2) is 30.5 Å². The van der Waals surface area contributed by atoms with Gasteiger partial charge in [-0.25, -0.2) is 4.98 Å². The van der Waals surface area contributed by atoms with Crippen LogP contribution in [-0.4, -0.2) is 71.4 Å². The molecule has 0 radical (unpaired) electrons. The number of alkyl halides is 2. The number of aromatic nitrogens is 1. The van der Waals surface area contributed by atoms with Crippen molar-refractivity contribution in [2.75, 3.05) is 20.1 Å². The van der Waals surface area contributed by atoms with Crippen molar-refractivity contribution in [2.24, 2.45) is 5.73 Å². The lowest BCUT2D eigenvalue weighted by molar-refractivity contribution is -0.129. The van der Waals surface area contributed by atoms with Crippen molar-refractivity contribution in [2.45, 2.75) is 65.2 Å². The average Bonchev–Trinajstić information content (AvgIpc) is 3.27. The SMILES string of the molecule is CCN(C)C(=O)c1cnc(C(N)=O)c(C[C@H]2C[C@@H](c3ccc(OC(F)F)c(OC(C)C)c3)CN2C(C)=O)c1. The summed E-state index contributed by atoms with van der Waals surface area (Å²) in [6.07, 6.45) is 1.86. The Kier molecular flexibility index (Phi) is 9.24. The fraction of sp³-hybridized carbons (Fsp3) is 0.481. The van der Waals surface area contributed by atoms with Crippen molar-refractivity contribution < 1.29 is 32.6 Å². The van der Waals surface area contributed by atoms with Crippen LogP contribution in [0.1, 0.15) is 72.0 Å². The van der Waals surface area contributed by atoms with E-state index in [-0.39, 0.29) is 53.5 Å². The summed E-state index contributed by atoms with van der Waals surface area (Å²) in [7, 11) is 1.66. The van der Waals surface area contributed by atoms with Crippen LogP contribution >= 0.6 is 0 Å². The lowest BCUT2D eigenvalue weighted by atomic mass is 9.93. The molecule has 0 aliphatic carbocycles. The largest absolute Gasteiger partial charge is 0.487 e. The van der Waals surface area contributed by atoms with Crippen molar-refractivity contribution in [3.05, 3.63) is 52.8 Å². The second-order valence-corrected chi connectivity index (χ2v) is 9.63. The van der Waals surface area contributed by atoms with Gasteiger partial charge in [-0.15, -0.1) is 0 Å². The quantitative estimate of drug-likeness (QED) is 0.500. The highest BCUT2D eigenvalue weighted by Crippen LogP contribution is 2.38. The topological polar surface area (TPSA) is 115 Å². The number of carbonyl (C=O) groups is 3. The summed E-state index contributed by atoms with van der Waals surface area (Å²) in [6.45, 7) is 4.76. The minimum atomic E-state index is -2.99. The molecular weight excluding hydrogens is 498 g/mol. The summed E-state index contributed by atoms with van der Waals surface area (Å²) in [5.41, 5.74) is 7.22. The number of likely N-dealkylation sites (tertiary alicyclic amines) is 1. The van der Waals surface area contributed by atoms with Crippen LogP contribution in [-0.2, 0) is 11.2 Å². The summed E-state index contributed by atoms with van der Waals surface area (Å²) in [4.78, 5) is 44.8. The van der Waals surface area contributed by atoms with Crippen LogP contribution in [0.3, 0.4) is 0 Å². The Morgan fingerprint density at radius 2 is 1.89 bits per heavy atom.